The predicted molar refractivity (Wildman–Crippen MR) is 108 cm³/mol. The van der Waals surface area contributed by atoms with Crippen LogP contribution < -0.4 is 0 Å². The van der Waals surface area contributed by atoms with Gasteiger partial charge in [0.25, 0.3) is 5.91 Å². The molecule has 152 valence electrons. The minimum absolute atomic E-state index is 0.0909. The molecule has 2 aromatic rings. The van der Waals surface area contributed by atoms with Gasteiger partial charge in [-0.25, -0.2) is 4.68 Å². The number of benzene rings is 1. The van der Waals surface area contributed by atoms with Gasteiger partial charge in [-0.2, -0.15) is 5.10 Å². The minimum Gasteiger partial charge on any atom is -0.481 e. The third-order valence-corrected chi connectivity index (χ3v) is 6.92. The molecule has 2 aliphatic carbocycles. The topological polar surface area (TPSA) is 75.4 Å². The van der Waals surface area contributed by atoms with Crippen molar-refractivity contribution in [2.24, 2.45) is 17.8 Å². The number of rotatable bonds is 5. The van der Waals surface area contributed by atoms with Crippen molar-refractivity contribution in [1.29, 1.82) is 0 Å². The highest BCUT2D eigenvalue weighted by Crippen LogP contribution is 2.44. The first kappa shape index (κ1) is 18.4. The zero-order valence-electron chi connectivity index (χ0n) is 16.8. The largest absolute Gasteiger partial charge is 0.481 e. The fraction of sp³-hybridized carbons (Fsp3) is 0.522. The average Bonchev–Trinajstić information content (AvgIpc) is 3.16. The highest BCUT2D eigenvalue weighted by Gasteiger charge is 2.47. The summed E-state index contributed by atoms with van der Waals surface area (Å²) in [4.78, 5) is 26.8. The van der Waals surface area contributed by atoms with Crippen LogP contribution in [0.1, 0.15) is 53.5 Å². The van der Waals surface area contributed by atoms with Gasteiger partial charge in [0.15, 0.2) is 5.69 Å². The normalized spacial score (nSPS) is 23.4. The molecule has 3 aliphatic rings. The highest BCUT2D eigenvalue weighted by molar-refractivity contribution is 5.95. The number of carbonyl (C=O) groups is 2. The Balaban J connectivity index is 1.45. The molecule has 0 bridgehead atoms. The summed E-state index contributed by atoms with van der Waals surface area (Å²) >= 11 is 0. The van der Waals surface area contributed by atoms with Gasteiger partial charge in [0.2, 0.25) is 0 Å². The molecule has 5 rings (SSSR count). The number of carboxylic acid groups (broad SMARTS) is 1. The Morgan fingerprint density at radius 2 is 1.90 bits per heavy atom. The van der Waals surface area contributed by atoms with E-state index < -0.39 is 11.9 Å². The Bertz CT molecular complexity index is 958. The first-order valence-corrected chi connectivity index (χ1v) is 10.8. The van der Waals surface area contributed by atoms with Gasteiger partial charge >= 0.3 is 5.97 Å². The highest BCUT2D eigenvalue weighted by atomic mass is 16.4. The van der Waals surface area contributed by atoms with E-state index in [4.69, 9.17) is 5.10 Å². The number of amides is 1. The number of nitrogens with zero attached hydrogens (tertiary/aromatic N) is 3. The van der Waals surface area contributed by atoms with Crippen LogP contribution in [0, 0.1) is 17.8 Å². The molecule has 0 unspecified atom stereocenters. The van der Waals surface area contributed by atoms with E-state index in [9.17, 15) is 14.7 Å². The zero-order valence-corrected chi connectivity index (χ0v) is 16.8. The molecule has 29 heavy (non-hydrogen) atoms. The molecule has 1 aromatic carbocycles. The molecule has 1 aromatic heterocycles. The Hall–Kier alpha value is -2.63. The number of likely N-dealkylation sites (tertiary alicyclic amines) is 1. The number of hydrogen-bond acceptors (Lipinski definition) is 3. The van der Waals surface area contributed by atoms with Gasteiger partial charge in [-0.3, -0.25) is 9.59 Å². The predicted octanol–water partition coefficient (Wildman–Crippen LogP) is 3.11. The molecule has 1 aliphatic heterocycles. The molecule has 0 spiro atoms. The van der Waals surface area contributed by atoms with Crippen LogP contribution in [0.4, 0.5) is 0 Å². The van der Waals surface area contributed by atoms with Crippen LogP contribution in [0.5, 0.6) is 0 Å². The fourth-order valence-electron chi connectivity index (χ4n) is 5.10. The second-order valence-corrected chi connectivity index (χ2v) is 8.72. The number of aryl methyl sites for hydroxylation is 1. The molecule has 2 fully saturated rings. The van der Waals surface area contributed by atoms with Crippen LogP contribution in [-0.2, 0) is 24.1 Å². The summed E-state index contributed by atoms with van der Waals surface area (Å²) in [5.74, 6) is -0.754. The Morgan fingerprint density at radius 1 is 1.14 bits per heavy atom. The summed E-state index contributed by atoms with van der Waals surface area (Å²) in [7, 11) is 0. The maximum absolute atomic E-state index is 13.4. The van der Waals surface area contributed by atoms with Gasteiger partial charge in [-0.1, -0.05) is 19.1 Å². The quantitative estimate of drug-likeness (QED) is 0.847. The second-order valence-electron chi connectivity index (χ2n) is 8.72. The van der Waals surface area contributed by atoms with Gasteiger partial charge in [0, 0.05) is 24.3 Å². The zero-order chi connectivity index (χ0) is 20.1. The van der Waals surface area contributed by atoms with Crippen LogP contribution in [0.15, 0.2) is 24.3 Å². The minimum atomic E-state index is -0.774. The van der Waals surface area contributed by atoms with E-state index in [2.05, 4.69) is 31.2 Å². The lowest BCUT2D eigenvalue weighted by atomic mass is 9.92. The van der Waals surface area contributed by atoms with Crippen LogP contribution in [0.3, 0.4) is 0 Å². The number of fused-ring (bicyclic) bond motifs is 1. The van der Waals surface area contributed by atoms with Crippen molar-refractivity contribution >= 4 is 11.9 Å². The van der Waals surface area contributed by atoms with Crippen molar-refractivity contribution in [1.82, 2.24) is 14.7 Å². The van der Waals surface area contributed by atoms with Crippen LogP contribution in [-0.4, -0.2) is 44.8 Å². The summed E-state index contributed by atoms with van der Waals surface area (Å²) < 4.78 is 1.93. The van der Waals surface area contributed by atoms with Gasteiger partial charge < -0.3 is 10.0 Å². The smallest absolute Gasteiger partial charge is 0.308 e. The molecule has 1 amide bonds. The van der Waals surface area contributed by atoms with Crippen molar-refractivity contribution in [3.8, 4) is 5.69 Å². The number of aliphatic carboxylic acids is 1. The molecule has 1 saturated heterocycles. The Labute approximate surface area is 170 Å². The van der Waals surface area contributed by atoms with Crippen LogP contribution in [0.25, 0.3) is 5.69 Å². The number of aromatic nitrogens is 2. The van der Waals surface area contributed by atoms with E-state index in [-0.39, 0.29) is 11.8 Å². The number of hydrogen-bond donors (Lipinski definition) is 1. The molecule has 6 nitrogen and oxygen atoms in total. The number of carbonyl (C=O) groups excluding carboxylic acids is 1. The van der Waals surface area contributed by atoms with Crippen LogP contribution >= 0.6 is 0 Å². The summed E-state index contributed by atoms with van der Waals surface area (Å²) in [6.45, 7) is 2.99. The van der Waals surface area contributed by atoms with Gasteiger partial charge in [-0.15, -0.1) is 0 Å². The third-order valence-electron chi connectivity index (χ3n) is 6.92. The van der Waals surface area contributed by atoms with Crippen molar-refractivity contribution in [3.63, 3.8) is 0 Å². The summed E-state index contributed by atoms with van der Waals surface area (Å²) in [5, 5.41) is 14.4. The van der Waals surface area contributed by atoms with E-state index in [1.807, 2.05) is 4.68 Å². The van der Waals surface area contributed by atoms with E-state index >= 15 is 0 Å². The molecule has 1 N–H and O–H groups in total. The first-order valence-electron chi connectivity index (χ1n) is 10.8. The van der Waals surface area contributed by atoms with E-state index in [1.165, 1.54) is 5.56 Å². The first-order chi connectivity index (χ1) is 14.1. The Kier molecular flexibility index (Phi) is 4.45. The second kappa shape index (κ2) is 7.01. The van der Waals surface area contributed by atoms with E-state index in [0.717, 1.165) is 55.5 Å². The fourth-order valence-corrected chi connectivity index (χ4v) is 5.10. The molecule has 1 saturated carbocycles. The SMILES string of the molecule is CCc1ccc(-n2nc(C(=O)N3C[C@H](C(=O)O)[C@@H](C4CC4)C3)c3c2CCC3)cc1. The van der Waals surface area contributed by atoms with Crippen LogP contribution in [0.2, 0.25) is 0 Å². The summed E-state index contributed by atoms with van der Waals surface area (Å²) in [5.41, 5.74) is 4.97. The molecule has 2 atom stereocenters. The average molecular weight is 393 g/mol. The standard InChI is InChI=1S/C23H27N3O3/c1-2-14-6-10-16(11-7-14)26-20-5-3-4-17(20)21(24-26)22(27)25-12-18(15-8-9-15)19(13-25)23(28)29/h6-7,10-11,15,18-19H,2-5,8-9,12-13H2,1H3,(H,28,29)/t18-,19+/m1/s1. The van der Waals surface area contributed by atoms with Crippen molar-refractivity contribution in [2.45, 2.75) is 45.4 Å². The summed E-state index contributed by atoms with van der Waals surface area (Å²) in [6.07, 6.45) is 5.99. The molecule has 6 heteroatoms. The maximum atomic E-state index is 13.4. The van der Waals surface area contributed by atoms with E-state index in [0.29, 0.717) is 24.7 Å². The van der Waals surface area contributed by atoms with Gasteiger partial charge in [0.1, 0.15) is 0 Å². The maximum Gasteiger partial charge on any atom is 0.308 e. The lowest BCUT2D eigenvalue weighted by Crippen LogP contribution is -2.31. The number of carboxylic acids is 1. The third kappa shape index (κ3) is 3.15. The molecular formula is C23H27N3O3. The Morgan fingerprint density at radius 3 is 2.55 bits per heavy atom. The molecular weight excluding hydrogens is 366 g/mol. The monoisotopic (exact) mass is 393 g/mol. The van der Waals surface area contributed by atoms with Crippen molar-refractivity contribution < 1.29 is 14.7 Å². The molecule has 0 radical (unpaired) electrons. The van der Waals surface area contributed by atoms with Crippen molar-refractivity contribution in [3.05, 3.63) is 46.8 Å². The van der Waals surface area contributed by atoms with Crippen molar-refractivity contribution in [2.75, 3.05) is 13.1 Å². The van der Waals surface area contributed by atoms with E-state index in [1.54, 1.807) is 4.90 Å². The molecule has 2 heterocycles. The van der Waals surface area contributed by atoms with Gasteiger partial charge in [0.05, 0.1) is 11.6 Å². The van der Waals surface area contributed by atoms with Gasteiger partial charge in [-0.05, 0) is 68.1 Å². The lowest BCUT2D eigenvalue weighted by Gasteiger charge is -2.15. The lowest BCUT2D eigenvalue weighted by molar-refractivity contribution is -0.142. The summed E-state index contributed by atoms with van der Waals surface area (Å²) in [6, 6.07) is 8.35.